The van der Waals surface area contributed by atoms with E-state index in [1.165, 1.54) is 11.1 Å². The summed E-state index contributed by atoms with van der Waals surface area (Å²) in [6, 6.07) is 28.7. The summed E-state index contributed by atoms with van der Waals surface area (Å²) in [7, 11) is 3.74. The average Bonchev–Trinajstić information content (AvgIpc) is 2.82. The highest BCUT2D eigenvalue weighted by molar-refractivity contribution is 5.39. The predicted molar refractivity (Wildman–Crippen MR) is 125 cm³/mol. The molecule has 0 amide bonds. The van der Waals surface area contributed by atoms with E-state index in [4.69, 9.17) is 9.47 Å². The van der Waals surface area contributed by atoms with E-state index in [0.717, 1.165) is 13.1 Å². The minimum atomic E-state index is -0.603. The molecule has 0 saturated carbocycles. The van der Waals surface area contributed by atoms with Gasteiger partial charge in [-0.15, -0.1) is 0 Å². The third-order valence-corrected chi connectivity index (χ3v) is 5.19. The standard InChI is InChI=1S/C26H32N2O3/c1-28(26(21-11-5-3-6-12-21)22-13-7-4-8-14-22)18-17-27-19-23(29)20-31-25-16-10-9-15-24(25)30-2/h3-16,23,26-27,29H,17-20H2,1-2H3. The van der Waals surface area contributed by atoms with Crippen LogP contribution >= 0.6 is 0 Å². The molecule has 0 aliphatic carbocycles. The summed E-state index contributed by atoms with van der Waals surface area (Å²) in [5.41, 5.74) is 2.53. The van der Waals surface area contributed by atoms with Crippen LogP contribution < -0.4 is 14.8 Å². The molecule has 0 bridgehead atoms. The second-order valence-corrected chi connectivity index (χ2v) is 7.52. The van der Waals surface area contributed by atoms with Crippen molar-refractivity contribution >= 4 is 0 Å². The van der Waals surface area contributed by atoms with Crippen molar-refractivity contribution in [1.82, 2.24) is 10.2 Å². The number of hydrogen-bond donors (Lipinski definition) is 2. The van der Waals surface area contributed by atoms with Crippen molar-refractivity contribution in [3.63, 3.8) is 0 Å². The molecule has 0 spiro atoms. The number of nitrogens with zero attached hydrogens (tertiary/aromatic N) is 1. The van der Waals surface area contributed by atoms with E-state index in [-0.39, 0.29) is 12.6 Å². The van der Waals surface area contributed by atoms with Crippen LogP contribution in [-0.4, -0.2) is 56.5 Å². The lowest BCUT2D eigenvalue weighted by Crippen LogP contribution is -2.37. The van der Waals surface area contributed by atoms with Crippen LogP contribution in [-0.2, 0) is 0 Å². The molecule has 5 heteroatoms. The van der Waals surface area contributed by atoms with Crippen molar-refractivity contribution in [3.8, 4) is 11.5 Å². The first-order valence-corrected chi connectivity index (χ1v) is 10.6. The molecule has 3 aromatic rings. The molecule has 0 radical (unpaired) electrons. The van der Waals surface area contributed by atoms with E-state index in [2.05, 4.69) is 65.8 Å². The molecule has 5 nitrogen and oxygen atoms in total. The maximum atomic E-state index is 10.3. The Labute approximate surface area is 185 Å². The molecule has 0 saturated heterocycles. The molecule has 164 valence electrons. The van der Waals surface area contributed by atoms with E-state index < -0.39 is 6.10 Å². The number of benzene rings is 3. The number of ether oxygens (including phenoxy) is 2. The average molecular weight is 421 g/mol. The molecule has 2 N–H and O–H groups in total. The van der Waals surface area contributed by atoms with Gasteiger partial charge < -0.3 is 19.9 Å². The van der Waals surface area contributed by atoms with Crippen LogP contribution in [0.5, 0.6) is 11.5 Å². The summed E-state index contributed by atoms with van der Waals surface area (Å²) in [6.07, 6.45) is -0.603. The quantitative estimate of drug-likeness (QED) is 0.437. The number of methoxy groups -OCH3 is 1. The Morgan fingerprint density at radius 1 is 0.839 bits per heavy atom. The number of likely N-dealkylation sites (N-methyl/N-ethyl adjacent to an activating group) is 1. The van der Waals surface area contributed by atoms with Gasteiger partial charge in [-0.1, -0.05) is 72.8 Å². The first-order valence-electron chi connectivity index (χ1n) is 10.6. The zero-order valence-corrected chi connectivity index (χ0v) is 18.3. The van der Waals surface area contributed by atoms with Crippen LogP contribution in [0.3, 0.4) is 0 Å². The van der Waals surface area contributed by atoms with Gasteiger partial charge >= 0.3 is 0 Å². The van der Waals surface area contributed by atoms with Gasteiger partial charge in [-0.2, -0.15) is 0 Å². The first-order chi connectivity index (χ1) is 15.2. The molecule has 31 heavy (non-hydrogen) atoms. The minimum Gasteiger partial charge on any atom is -0.493 e. The predicted octanol–water partition coefficient (Wildman–Crippen LogP) is 3.75. The molecule has 3 aromatic carbocycles. The number of para-hydroxylation sites is 2. The Morgan fingerprint density at radius 3 is 1.97 bits per heavy atom. The number of rotatable bonds is 12. The SMILES string of the molecule is COc1ccccc1OCC(O)CNCCN(C)C(c1ccccc1)c1ccccc1. The number of aliphatic hydroxyl groups is 1. The topological polar surface area (TPSA) is 54.0 Å². The van der Waals surface area contributed by atoms with Crippen molar-refractivity contribution in [2.45, 2.75) is 12.1 Å². The fourth-order valence-electron chi connectivity index (χ4n) is 3.61. The summed E-state index contributed by atoms with van der Waals surface area (Å²) in [5.74, 6) is 1.30. The van der Waals surface area contributed by atoms with Crippen molar-refractivity contribution < 1.29 is 14.6 Å². The summed E-state index contributed by atoms with van der Waals surface area (Å²) in [4.78, 5) is 2.33. The fraction of sp³-hybridized carbons (Fsp3) is 0.308. The molecule has 0 heterocycles. The summed E-state index contributed by atoms with van der Waals surface area (Å²) >= 11 is 0. The van der Waals surface area contributed by atoms with E-state index in [1.54, 1.807) is 7.11 Å². The second kappa shape index (κ2) is 12.1. The lowest BCUT2D eigenvalue weighted by atomic mass is 9.97. The first kappa shape index (κ1) is 22.8. The maximum Gasteiger partial charge on any atom is 0.161 e. The van der Waals surface area contributed by atoms with Gasteiger partial charge in [-0.25, -0.2) is 0 Å². The molecular formula is C26H32N2O3. The summed E-state index contributed by atoms with van der Waals surface area (Å²) < 4.78 is 11.0. The monoisotopic (exact) mass is 420 g/mol. The van der Waals surface area contributed by atoms with Crippen LogP contribution in [0.4, 0.5) is 0 Å². The van der Waals surface area contributed by atoms with Gasteiger partial charge in [0.2, 0.25) is 0 Å². The highest BCUT2D eigenvalue weighted by Gasteiger charge is 2.18. The molecule has 0 fully saturated rings. The lowest BCUT2D eigenvalue weighted by molar-refractivity contribution is 0.104. The molecule has 0 aromatic heterocycles. The van der Waals surface area contributed by atoms with Crippen LogP contribution in [0.2, 0.25) is 0 Å². The van der Waals surface area contributed by atoms with E-state index >= 15 is 0 Å². The molecule has 0 aliphatic rings. The van der Waals surface area contributed by atoms with Gasteiger partial charge in [0.15, 0.2) is 11.5 Å². The van der Waals surface area contributed by atoms with Crippen LogP contribution in [0, 0.1) is 0 Å². The van der Waals surface area contributed by atoms with Gasteiger partial charge in [0, 0.05) is 19.6 Å². The van der Waals surface area contributed by atoms with Crippen molar-refractivity contribution in [2.75, 3.05) is 40.4 Å². The van der Waals surface area contributed by atoms with Gasteiger partial charge in [-0.05, 0) is 30.3 Å². The van der Waals surface area contributed by atoms with Crippen LogP contribution in [0.25, 0.3) is 0 Å². The van der Waals surface area contributed by atoms with Gasteiger partial charge in [0.1, 0.15) is 12.7 Å². The highest BCUT2D eigenvalue weighted by Crippen LogP contribution is 2.27. The Kier molecular flexibility index (Phi) is 8.91. The maximum absolute atomic E-state index is 10.3. The van der Waals surface area contributed by atoms with Gasteiger partial charge in [0.05, 0.1) is 13.2 Å². The molecule has 3 rings (SSSR count). The molecular weight excluding hydrogens is 388 g/mol. The minimum absolute atomic E-state index is 0.183. The number of aliphatic hydroxyl groups excluding tert-OH is 1. The molecule has 1 atom stereocenters. The second-order valence-electron chi connectivity index (χ2n) is 7.52. The van der Waals surface area contributed by atoms with Crippen molar-refractivity contribution in [2.24, 2.45) is 0 Å². The molecule has 1 unspecified atom stereocenters. The largest absolute Gasteiger partial charge is 0.493 e. The third-order valence-electron chi connectivity index (χ3n) is 5.19. The Morgan fingerprint density at radius 2 is 1.39 bits per heavy atom. The van der Waals surface area contributed by atoms with Crippen LogP contribution in [0.1, 0.15) is 17.2 Å². The van der Waals surface area contributed by atoms with Crippen molar-refractivity contribution in [3.05, 3.63) is 96.1 Å². The van der Waals surface area contributed by atoms with E-state index in [1.807, 2.05) is 36.4 Å². The normalized spacial score (nSPS) is 12.2. The van der Waals surface area contributed by atoms with E-state index in [0.29, 0.717) is 18.0 Å². The lowest BCUT2D eigenvalue weighted by Gasteiger charge is -2.29. The summed E-state index contributed by atoms with van der Waals surface area (Å²) in [6.45, 7) is 2.27. The van der Waals surface area contributed by atoms with E-state index in [9.17, 15) is 5.11 Å². The Bertz CT molecular complexity index is 850. The zero-order valence-electron chi connectivity index (χ0n) is 18.3. The Balaban J connectivity index is 1.47. The zero-order chi connectivity index (χ0) is 21.9. The number of nitrogens with one attached hydrogen (secondary N) is 1. The molecule has 0 aliphatic heterocycles. The fourth-order valence-corrected chi connectivity index (χ4v) is 3.61. The highest BCUT2D eigenvalue weighted by atomic mass is 16.5. The third kappa shape index (κ3) is 6.82. The van der Waals surface area contributed by atoms with Crippen LogP contribution in [0.15, 0.2) is 84.9 Å². The Hall–Kier alpha value is -2.86. The van der Waals surface area contributed by atoms with Crippen molar-refractivity contribution in [1.29, 1.82) is 0 Å². The summed E-state index contributed by atoms with van der Waals surface area (Å²) in [5, 5.41) is 13.6. The van der Waals surface area contributed by atoms with Gasteiger partial charge in [0.25, 0.3) is 0 Å². The number of hydrogen-bond acceptors (Lipinski definition) is 5. The smallest absolute Gasteiger partial charge is 0.161 e. The van der Waals surface area contributed by atoms with Gasteiger partial charge in [-0.3, -0.25) is 4.90 Å².